The Bertz CT molecular complexity index is 375. The average molecular weight is 245 g/mol. The number of aromatic nitrogens is 1. The van der Waals surface area contributed by atoms with Crippen LogP contribution in [0.15, 0.2) is 24.4 Å². The van der Waals surface area contributed by atoms with Crippen molar-refractivity contribution in [3.05, 3.63) is 30.1 Å². The summed E-state index contributed by atoms with van der Waals surface area (Å²) in [5.41, 5.74) is 1.20. The van der Waals surface area contributed by atoms with Crippen LogP contribution in [0.4, 0.5) is 0 Å². The van der Waals surface area contributed by atoms with Crippen molar-refractivity contribution in [2.45, 2.75) is 44.8 Å². The zero-order valence-electron chi connectivity index (χ0n) is 11.2. The van der Waals surface area contributed by atoms with E-state index in [1.807, 2.05) is 12.3 Å². The standard InChI is InChI=1S/C15H23N3/c1-2-14-9-17-15(12-6-7-12)11-18(14)10-13-5-3-4-8-16-13/h3-5,8,12,14-15,17H,2,6-7,9-11H2,1H3. The van der Waals surface area contributed by atoms with E-state index in [2.05, 4.69) is 34.3 Å². The van der Waals surface area contributed by atoms with Crippen molar-refractivity contribution in [2.75, 3.05) is 13.1 Å². The average Bonchev–Trinajstić information content (AvgIpc) is 3.24. The fourth-order valence-corrected chi connectivity index (χ4v) is 2.99. The second-order valence-corrected chi connectivity index (χ2v) is 5.66. The van der Waals surface area contributed by atoms with Crippen LogP contribution in [-0.2, 0) is 6.54 Å². The molecule has 1 N–H and O–H groups in total. The Morgan fingerprint density at radius 2 is 2.28 bits per heavy atom. The molecule has 2 unspecified atom stereocenters. The maximum absolute atomic E-state index is 4.47. The van der Waals surface area contributed by atoms with Crippen molar-refractivity contribution in [3.8, 4) is 0 Å². The third kappa shape index (κ3) is 2.73. The summed E-state index contributed by atoms with van der Waals surface area (Å²) >= 11 is 0. The van der Waals surface area contributed by atoms with Gasteiger partial charge in [-0.05, 0) is 37.3 Å². The molecule has 1 aromatic heterocycles. The van der Waals surface area contributed by atoms with Crippen LogP contribution >= 0.6 is 0 Å². The van der Waals surface area contributed by atoms with E-state index in [0.717, 1.165) is 25.0 Å². The van der Waals surface area contributed by atoms with Gasteiger partial charge in [0.25, 0.3) is 0 Å². The normalized spacial score (nSPS) is 29.4. The van der Waals surface area contributed by atoms with Crippen molar-refractivity contribution < 1.29 is 0 Å². The first kappa shape index (κ1) is 12.1. The van der Waals surface area contributed by atoms with Crippen molar-refractivity contribution in [2.24, 2.45) is 5.92 Å². The Morgan fingerprint density at radius 1 is 1.39 bits per heavy atom. The van der Waals surface area contributed by atoms with Crippen LogP contribution in [0, 0.1) is 5.92 Å². The first-order chi connectivity index (χ1) is 8.86. The van der Waals surface area contributed by atoms with Gasteiger partial charge in [-0.25, -0.2) is 0 Å². The van der Waals surface area contributed by atoms with E-state index in [0.29, 0.717) is 6.04 Å². The third-order valence-corrected chi connectivity index (χ3v) is 4.32. The van der Waals surface area contributed by atoms with Crippen LogP contribution in [0.2, 0.25) is 0 Å². The lowest BCUT2D eigenvalue weighted by molar-refractivity contribution is 0.110. The SMILES string of the molecule is CCC1CNC(C2CC2)CN1Cc1ccccn1. The number of piperazine rings is 1. The summed E-state index contributed by atoms with van der Waals surface area (Å²) in [4.78, 5) is 7.09. The van der Waals surface area contributed by atoms with E-state index < -0.39 is 0 Å². The van der Waals surface area contributed by atoms with Gasteiger partial charge in [-0.1, -0.05) is 13.0 Å². The van der Waals surface area contributed by atoms with E-state index in [-0.39, 0.29) is 0 Å². The summed E-state index contributed by atoms with van der Waals surface area (Å²) in [6, 6.07) is 7.61. The molecule has 0 amide bonds. The molecule has 98 valence electrons. The predicted octanol–water partition coefficient (Wildman–Crippen LogP) is 2.04. The molecular formula is C15H23N3. The van der Waals surface area contributed by atoms with Gasteiger partial charge in [0, 0.05) is 37.9 Å². The molecule has 0 radical (unpaired) electrons. The molecule has 0 spiro atoms. The zero-order valence-corrected chi connectivity index (χ0v) is 11.2. The minimum atomic E-state index is 0.669. The highest BCUT2D eigenvalue weighted by molar-refractivity contribution is 5.05. The minimum absolute atomic E-state index is 0.669. The first-order valence-corrected chi connectivity index (χ1v) is 7.24. The fraction of sp³-hybridized carbons (Fsp3) is 0.667. The van der Waals surface area contributed by atoms with Gasteiger partial charge in [0.15, 0.2) is 0 Å². The smallest absolute Gasteiger partial charge is 0.0544 e. The molecule has 1 aromatic rings. The lowest BCUT2D eigenvalue weighted by atomic mass is 10.0. The van der Waals surface area contributed by atoms with Gasteiger partial charge >= 0.3 is 0 Å². The molecule has 1 saturated carbocycles. The van der Waals surface area contributed by atoms with Crippen LogP contribution < -0.4 is 5.32 Å². The Kier molecular flexibility index (Phi) is 3.62. The second kappa shape index (κ2) is 5.37. The van der Waals surface area contributed by atoms with Gasteiger partial charge in [-0.2, -0.15) is 0 Å². The number of hydrogen-bond acceptors (Lipinski definition) is 3. The highest BCUT2D eigenvalue weighted by Gasteiger charge is 2.36. The van der Waals surface area contributed by atoms with Crippen LogP contribution in [0.25, 0.3) is 0 Å². The highest BCUT2D eigenvalue weighted by Crippen LogP contribution is 2.34. The van der Waals surface area contributed by atoms with E-state index in [9.17, 15) is 0 Å². The van der Waals surface area contributed by atoms with E-state index >= 15 is 0 Å². The second-order valence-electron chi connectivity index (χ2n) is 5.66. The summed E-state index contributed by atoms with van der Waals surface area (Å²) in [5, 5.41) is 3.74. The van der Waals surface area contributed by atoms with Crippen LogP contribution in [0.5, 0.6) is 0 Å². The molecule has 2 fully saturated rings. The van der Waals surface area contributed by atoms with Crippen LogP contribution in [-0.4, -0.2) is 35.1 Å². The topological polar surface area (TPSA) is 28.2 Å². The maximum Gasteiger partial charge on any atom is 0.0544 e. The largest absolute Gasteiger partial charge is 0.311 e. The molecule has 3 rings (SSSR count). The van der Waals surface area contributed by atoms with Gasteiger partial charge in [-0.3, -0.25) is 9.88 Å². The Balaban J connectivity index is 1.66. The van der Waals surface area contributed by atoms with Gasteiger partial charge in [-0.15, -0.1) is 0 Å². The van der Waals surface area contributed by atoms with Crippen molar-refractivity contribution >= 4 is 0 Å². The molecule has 1 aliphatic heterocycles. The number of nitrogens with one attached hydrogen (secondary N) is 1. The lowest BCUT2D eigenvalue weighted by Gasteiger charge is -2.40. The van der Waals surface area contributed by atoms with Gasteiger partial charge in [0.05, 0.1) is 5.69 Å². The third-order valence-electron chi connectivity index (χ3n) is 4.32. The van der Waals surface area contributed by atoms with E-state index in [1.165, 1.54) is 31.5 Å². The Hall–Kier alpha value is -0.930. The molecule has 2 atom stereocenters. The summed E-state index contributed by atoms with van der Waals surface area (Å²) in [7, 11) is 0. The van der Waals surface area contributed by atoms with Crippen molar-refractivity contribution in [3.63, 3.8) is 0 Å². The van der Waals surface area contributed by atoms with E-state index in [1.54, 1.807) is 0 Å². The zero-order chi connectivity index (χ0) is 12.4. The monoisotopic (exact) mass is 245 g/mol. The van der Waals surface area contributed by atoms with Crippen molar-refractivity contribution in [1.29, 1.82) is 0 Å². The lowest BCUT2D eigenvalue weighted by Crippen LogP contribution is -2.56. The summed E-state index contributed by atoms with van der Waals surface area (Å²) < 4.78 is 0. The highest BCUT2D eigenvalue weighted by atomic mass is 15.2. The summed E-state index contributed by atoms with van der Waals surface area (Å²) in [5.74, 6) is 0.939. The molecular weight excluding hydrogens is 222 g/mol. The minimum Gasteiger partial charge on any atom is -0.311 e. The number of nitrogens with zero attached hydrogens (tertiary/aromatic N) is 2. The van der Waals surface area contributed by atoms with Crippen molar-refractivity contribution in [1.82, 2.24) is 15.2 Å². The number of pyridine rings is 1. The molecule has 2 aliphatic rings. The summed E-state index contributed by atoms with van der Waals surface area (Å²) in [6.07, 6.45) is 5.96. The molecule has 18 heavy (non-hydrogen) atoms. The molecule has 2 heterocycles. The van der Waals surface area contributed by atoms with Gasteiger partial charge in [0.1, 0.15) is 0 Å². The summed E-state index contributed by atoms with van der Waals surface area (Å²) in [6.45, 7) is 5.63. The molecule has 3 nitrogen and oxygen atoms in total. The molecule has 0 bridgehead atoms. The van der Waals surface area contributed by atoms with Crippen LogP contribution in [0.1, 0.15) is 31.9 Å². The maximum atomic E-state index is 4.47. The molecule has 1 saturated heterocycles. The number of rotatable bonds is 4. The van der Waals surface area contributed by atoms with Gasteiger partial charge < -0.3 is 5.32 Å². The van der Waals surface area contributed by atoms with E-state index in [4.69, 9.17) is 0 Å². The quantitative estimate of drug-likeness (QED) is 0.880. The number of hydrogen-bond donors (Lipinski definition) is 1. The first-order valence-electron chi connectivity index (χ1n) is 7.24. The van der Waals surface area contributed by atoms with Crippen LogP contribution in [0.3, 0.4) is 0 Å². The predicted molar refractivity (Wildman–Crippen MR) is 73.2 cm³/mol. The molecule has 3 heteroatoms. The Morgan fingerprint density at radius 3 is 2.94 bits per heavy atom. The Labute approximate surface area is 110 Å². The van der Waals surface area contributed by atoms with Gasteiger partial charge in [0.2, 0.25) is 0 Å². The molecule has 1 aliphatic carbocycles. The fourth-order valence-electron chi connectivity index (χ4n) is 2.99. The molecule has 0 aromatic carbocycles.